The van der Waals surface area contributed by atoms with Crippen molar-refractivity contribution in [3.8, 4) is 5.75 Å². The minimum absolute atomic E-state index is 0.137. The van der Waals surface area contributed by atoms with E-state index in [0.717, 1.165) is 18.0 Å². The van der Waals surface area contributed by atoms with Crippen molar-refractivity contribution in [2.45, 2.75) is 20.5 Å². The summed E-state index contributed by atoms with van der Waals surface area (Å²) in [6.45, 7) is 4.99. The number of rotatable bonds is 3. The number of nitro groups is 1. The Labute approximate surface area is 152 Å². The van der Waals surface area contributed by atoms with Crippen LogP contribution in [0.5, 0.6) is 5.75 Å². The number of nitrogens with one attached hydrogen (secondary N) is 1. The van der Waals surface area contributed by atoms with E-state index in [1.807, 2.05) is 0 Å². The van der Waals surface area contributed by atoms with Crippen LogP contribution in [0.25, 0.3) is 0 Å². The van der Waals surface area contributed by atoms with Gasteiger partial charge in [0.1, 0.15) is 12.4 Å². The van der Waals surface area contributed by atoms with Gasteiger partial charge in [0.2, 0.25) is 0 Å². The largest absolute Gasteiger partial charge is 0.488 e. The number of nitro benzene ring substituents is 1. The molecule has 0 radical (unpaired) electrons. The van der Waals surface area contributed by atoms with Gasteiger partial charge >= 0.3 is 0 Å². The first-order chi connectivity index (χ1) is 12.5. The van der Waals surface area contributed by atoms with E-state index in [0.29, 0.717) is 0 Å². The molecule has 1 N–H and O–H groups in total. The highest BCUT2D eigenvalue weighted by atomic mass is 16.6. The Hall–Kier alpha value is -3.34. The molecule has 4 rings (SSSR count). The topological polar surface area (TPSA) is 64.4 Å². The number of hydrogen-bond donors (Lipinski definition) is 1. The molecule has 0 amide bonds. The van der Waals surface area contributed by atoms with E-state index in [2.05, 4.69) is 55.6 Å². The molecule has 3 aromatic rings. The summed E-state index contributed by atoms with van der Waals surface area (Å²) in [6.07, 6.45) is 0. The molecule has 1 aliphatic rings. The first-order valence-electron chi connectivity index (χ1n) is 8.33. The number of non-ortho nitro benzene ring substituents is 1. The molecule has 0 aromatic heterocycles. The van der Waals surface area contributed by atoms with Gasteiger partial charge in [-0.05, 0) is 37.1 Å². The lowest BCUT2D eigenvalue weighted by atomic mass is 10.1. The summed E-state index contributed by atoms with van der Waals surface area (Å²) < 4.78 is 5.38. The minimum Gasteiger partial charge on any atom is -0.488 e. The number of para-hydroxylation sites is 2. The average Bonchev–Trinajstić information content (AvgIpc) is 2.62. The highest BCUT2D eigenvalue weighted by Gasteiger charge is 2.14. The SMILES string of the molecule is Cc1cccc(C)c1Nc1ccc2c(c1)OC2.O=[N+]([O-])c1ccccc1. The van der Waals surface area contributed by atoms with Crippen LogP contribution in [0.2, 0.25) is 0 Å². The predicted molar refractivity (Wildman–Crippen MR) is 103 cm³/mol. The number of benzene rings is 3. The molecule has 0 atom stereocenters. The molecular formula is C21H20N2O3. The molecule has 1 heterocycles. The van der Waals surface area contributed by atoms with Crippen molar-refractivity contribution in [3.63, 3.8) is 0 Å². The normalized spacial score (nSPS) is 11.2. The van der Waals surface area contributed by atoms with E-state index in [1.54, 1.807) is 18.2 Å². The van der Waals surface area contributed by atoms with Crippen LogP contribution in [0, 0.1) is 24.0 Å². The lowest BCUT2D eigenvalue weighted by Crippen LogP contribution is -2.09. The third kappa shape index (κ3) is 4.00. The molecule has 0 saturated carbocycles. The number of nitrogens with zero attached hydrogens (tertiary/aromatic N) is 1. The first-order valence-corrected chi connectivity index (χ1v) is 8.33. The Balaban J connectivity index is 0.000000185. The van der Waals surface area contributed by atoms with Crippen molar-refractivity contribution in [3.05, 3.63) is 93.5 Å². The van der Waals surface area contributed by atoms with Gasteiger partial charge in [-0.2, -0.15) is 0 Å². The molecule has 3 aromatic carbocycles. The van der Waals surface area contributed by atoms with Crippen molar-refractivity contribution in [1.29, 1.82) is 0 Å². The Bertz CT molecular complexity index is 904. The molecule has 26 heavy (non-hydrogen) atoms. The molecular weight excluding hydrogens is 328 g/mol. The second-order valence-electron chi connectivity index (χ2n) is 6.10. The van der Waals surface area contributed by atoms with Crippen molar-refractivity contribution in [1.82, 2.24) is 0 Å². The van der Waals surface area contributed by atoms with Gasteiger partial charge in [0.25, 0.3) is 5.69 Å². The Morgan fingerprint density at radius 2 is 1.65 bits per heavy atom. The van der Waals surface area contributed by atoms with Crippen LogP contribution in [-0.4, -0.2) is 4.92 Å². The molecule has 0 aliphatic carbocycles. The van der Waals surface area contributed by atoms with Gasteiger partial charge in [0.15, 0.2) is 0 Å². The zero-order valence-electron chi connectivity index (χ0n) is 14.7. The number of hydrogen-bond acceptors (Lipinski definition) is 4. The van der Waals surface area contributed by atoms with Gasteiger partial charge < -0.3 is 10.1 Å². The molecule has 5 nitrogen and oxygen atoms in total. The van der Waals surface area contributed by atoms with Crippen LogP contribution in [0.3, 0.4) is 0 Å². The second-order valence-corrected chi connectivity index (χ2v) is 6.10. The van der Waals surface area contributed by atoms with Crippen LogP contribution >= 0.6 is 0 Å². The van der Waals surface area contributed by atoms with E-state index >= 15 is 0 Å². The Morgan fingerprint density at radius 3 is 2.15 bits per heavy atom. The third-order valence-corrected chi connectivity index (χ3v) is 4.17. The minimum atomic E-state index is -0.417. The van der Waals surface area contributed by atoms with Gasteiger partial charge in [0, 0.05) is 35.1 Å². The Kier molecular flexibility index (Phi) is 5.17. The highest BCUT2D eigenvalue weighted by Crippen LogP contribution is 2.33. The number of ether oxygens (including phenoxy) is 1. The van der Waals surface area contributed by atoms with Crippen LogP contribution in [-0.2, 0) is 6.61 Å². The maximum absolute atomic E-state index is 10.0. The third-order valence-electron chi connectivity index (χ3n) is 4.17. The summed E-state index contributed by atoms with van der Waals surface area (Å²) in [6, 6.07) is 20.5. The second kappa shape index (κ2) is 7.70. The fourth-order valence-corrected chi connectivity index (χ4v) is 2.67. The van der Waals surface area contributed by atoms with Gasteiger partial charge in [-0.3, -0.25) is 10.1 Å². The maximum atomic E-state index is 10.0. The van der Waals surface area contributed by atoms with Crippen LogP contribution in [0.4, 0.5) is 17.1 Å². The van der Waals surface area contributed by atoms with E-state index in [-0.39, 0.29) is 5.69 Å². The fraction of sp³-hybridized carbons (Fsp3) is 0.143. The smallest absolute Gasteiger partial charge is 0.269 e. The zero-order chi connectivity index (χ0) is 18.5. The summed E-state index contributed by atoms with van der Waals surface area (Å²) in [5.74, 6) is 1.00. The van der Waals surface area contributed by atoms with E-state index in [4.69, 9.17) is 4.74 Å². The number of anilines is 2. The summed E-state index contributed by atoms with van der Waals surface area (Å²) in [4.78, 5) is 9.59. The quantitative estimate of drug-likeness (QED) is 0.499. The standard InChI is InChI=1S/C15H15NO.C6H5NO2/c1-10-4-3-5-11(2)15(10)16-13-7-6-12-9-17-14(12)8-13;8-7(9)6-4-2-1-3-5-6/h3-8,16H,9H2,1-2H3;1-5H. The molecule has 5 heteroatoms. The van der Waals surface area contributed by atoms with Crippen molar-refractivity contribution < 1.29 is 9.66 Å². The van der Waals surface area contributed by atoms with Crippen molar-refractivity contribution in [2.24, 2.45) is 0 Å². The molecule has 0 spiro atoms. The summed E-state index contributed by atoms with van der Waals surface area (Å²) in [7, 11) is 0. The fourth-order valence-electron chi connectivity index (χ4n) is 2.67. The van der Waals surface area contributed by atoms with Crippen LogP contribution < -0.4 is 10.1 Å². The van der Waals surface area contributed by atoms with Gasteiger partial charge in [-0.1, -0.05) is 36.4 Å². The van der Waals surface area contributed by atoms with Crippen molar-refractivity contribution in [2.75, 3.05) is 5.32 Å². The lowest BCUT2D eigenvalue weighted by Gasteiger charge is -2.21. The van der Waals surface area contributed by atoms with E-state index in [9.17, 15) is 10.1 Å². The summed E-state index contributed by atoms with van der Waals surface area (Å²) in [5, 5.41) is 13.5. The zero-order valence-corrected chi connectivity index (χ0v) is 14.7. The van der Waals surface area contributed by atoms with E-state index < -0.39 is 4.92 Å². The average molecular weight is 348 g/mol. The molecule has 1 aliphatic heterocycles. The highest BCUT2D eigenvalue weighted by molar-refractivity contribution is 5.68. The van der Waals surface area contributed by atoms with Gasteiger partial charge in [0.05, 0.1) is 4.92 Å². The van der Waals surface area contributed by atoms with Crippen LogP contribution in [0.15, 0.2) is 66.7 Å². The monoisotopic (exact) mass is 348 g/mol. The van der Waals surface area contributed by atoms with Crippen molar-refractivity contribution >= 4 is 17.1 Å². The Morgan fingerprint density at radius 1 is 0.962 bits per heavy atom. The number of aryl methyl sites for hydroxylation is 2. The molecule has 0 bridgehead atoms. The molecule has 0 fully saturated rings. The predicted octanol–water partition coefficient (Wildman–Crippen LogP) is 5.53. The maximum Gasteiger partial charge on any atom is 0.269 e. The van der Waals surface area contributed by atoms with Gasteiger partial charge in [-0.25, -0.2) is 0 Å². The first kappa shape index (κ1) is 17.5. The molecule has 132 valence electrons. The summed E-state index contributed by atoms with van der Waals surface area (Å²) >= 11 is 0. The summed E-state index contributed by atoms with van der Waals surface area (Å²) in [5.41, 5.74) is 6.21. The molecule has 0 saturated heterocycles. The van der Waals surface area contributed by atoms with Gasteiger partial charge in [-0.15, -0.1) is 0 Å². The molecule has 0 unspecified atom stereocenters. The van der Waals surface area contributed by atoms with E-state index in [1.165, 1.54) is 34.5 Å². The lowest BCUT2D eigenvalue weighted by molar-refractivity contribution is -0.384. The number of fused-ring (bicyclic) bond motifs is 1. The van der Waals surface area contributed by atoms with Crippen LogP contribution in [0.1, 0.15) is 16.7 Å².